The van der Waals surface area contributed by atoms with Gasteiger partial charge < -0.3 is 10.3 Å². The maximum absolute atomic E-state index is 6.04. The molecular weight excluding hydrogens is 210 g/mol. The van der Waals surface area contributed by atoms with Crippen molar-refractivity contribution in [2.24, 2.45) is 5.73 Å². The number of benzene rings is 1. The van der Waals surface area contributed by atoms with Crippen molar-refractivity contribution in [1.82, 2.24) is 9.55 Å². The van der Waals surface area contributed by atoms with Gasteiger partial charge in [0.15, 0.2) is 0 Å². The Morgan fingerprint density at radius 2 is 2.07 bits per heavy atom. The highest BCUT2D eigenvalue weighted by atomic mass is 35.5. The van der Waals surface area contributed by atoms with Gasteiger partial charge in [-0.15, -0.1) is 0 Å². The number of nitrogens with zero attached hydrogens (tertiary/aromatic N) is 2. The summed E-state index contributed by atoms with van der Waals surface area (Å²) < 4.78 is 1.96. The zero-order chi connectivity index (χ0) is 10.7. The maximum atomic E-state index is 6.04. The lowest BCUT2D eigenvalue weighted by atomic mass is 10.1. The average Bonchev–Trinajstić information content (AvgIpc) is 2.71. The molecule has 2 rings (SSSR count). The average molecular weight is 222 g/mol. The first-order valence-corrected chi connectivity index (χ1v) is 5.10. The normalized spacial score (nSPS) is 12.7. The van der Waals surface area contributed by atoms with Gasteiger partial charge in [-0.05, 0) is 17.7 Å². The van der Waals surface area contributed by atoms with Gasteiger partial charge in [-0.2, -0.15) is 0 Å². The highest BCUT2D eigenvalue weighted by Crippen LogP contribution is 2.15. The highest BCUT2D eigenvalue weighted by molar-refractivity contribution is 6.30. The van der Waals surface area contributed by atoms with Crippen molar-refractivity contribution in [2.75, 3.05) is 0 Å². The Balaban J connectivity index is 2.08. The van der Waals surface area contributed by atoms with Crippen LogP contribution in [0.3, 0.4) is 0 Å². The van der Waals surface area contributed by atoms with Gasteiger partial charge in [-0.3, -0.25) is 0 Å². The van der Waals surface area contributed by atoms with Gasteiger partial charge in [0, 0.05) is 30.0 Å². The molecule has 0 spiro atoms. The third-order valence-electron chi connectivity index (χ3n) is 2.26. The van der Waals surface area contributed by atoms with Gasteiger partial charge in [-0.25, -0.2) is 4.98 Å². The number of rotatable bonds is 3. The van der Waals surface area contributed by atoms with Crippen molar-refractivity contribution in [3.05, 3.63) is 53.6 Å². The second-order valence-electron chi connectivity index (χ2n) is 3.42. The lowest BCUT2D eigenvalue weighted by Gasteiger charge is -2.12. The van der Waals surface area contributed by atoms with E-state index in [1.807, 2.05) is 35.0 Å². The van der Waals surface area contributed by atoms with Gasteiger partial charge in [-0.1, -0.05) is 23.7 Å². The third-order valence-corrected chi connectivity index (χ3v) is 2.52. The largest absolute Gasteiger partial charge is 0.336 e. The van der Waals surface area contributed by atoms with Crippen molar-refractivity contribution in [1.29, 1.82) is 0 Å². The van der Waals surface area contributed by atoms with Crippen LogP contribution in [-0.4, -0.2) is 9.55 Å². The Kier molecular flexibility index (Phi) is 3.04. The molecule has 1 aromatic heterocycles. The molecule has 0 aliphatic rings. The topological polar surface area (TPSA) is 43.8 Å². The Morgan fingerprint density at radius 3 is 2.67 bits per heavy atom. The van der Waals surface area contributed by atoms with E-state index in [2.05, 4.69) is 4.98 Å². The molecule has 2 aromatic rings. The summed E-state index contributed by atoms with van der Waals surface area (Å²) in [6.45, 7) is 0.724. The van der Waals surface area contributed by atoms with E-state index in [0.717, 1.165) is 17.1 Å². The number of nitrogens with two attached hydrogens (primary N) is 1. The summed E-state index contributed by atoms with van der Waals surface area (Å²) in [5, 5.41) is 0.730. The fraction of sp³-hybridized carbons (Fsp3) is 0.182. The lowest BCUT2D eigenvalue weighted by Crippen LogP contribution is -2.16. The third kappa shape index (κ3) is 2.58. The molecule has 2 N–H and O–H groups in total. The van der Waals surface area contributed by atoms with Crippen molar-refractivity contribution in [3.63, 3.8) is 0 Å². The molecule has 0 amide bonds. The molecule has 1 unspecified atom stereocenters. The van der Waals surface area contributed by atoms with Crippen LogP contribution >= 0.6 is 11.6 Å². The van der Waals surface area contributed by atoms with E-state index in [1.54, 1.807) is 12.5 Å². The molecule has 1 atom stereocenters. The predicted octanol–water partition coefficient (Wildman–Crippen LogP) is 2.24. The standard InChI is InChI=1S/C11H12ClN3/c12-10-3-1-9(2-4-10)11(13)7-15-6-5-14-8-15/h1-6,8,11H,7,13H2. The molecule has 0 saturated carbocycles. The predicted molar refractivity (Wildman–Crippen MR) is 60.6 cm³/mol. The number of halogens is 1. The van der Waals surface area contributed by atoms with Gasteiger partial charge in [0.25, 0.3) is 0 Å². The molecule has 4 heteroatoms. The van der Waals surface area contributed by atoms with Crippen molar-refractivity contribution in [2.45, 2.75) is 12.6 Å². The molecule has 1 aromatic carbocycles. The summed E-state index contributed by atoms with van der Waals surface area (Å²) in [6.07, 6.45) is 5.40. The fourth-order valence-electron chi connectivity index (χ4n) is 1.44. The van der Waals surface area contributed by atoms with Crippen molar-refractivity contribution < 1.29 is 0 Å². The minimum absolute atomic E-state index is 0.0310. The Morgan fingerprint density at radius 1 is 1.33 bits per heavy atom. The van der Waals surface area contributed by atoms with Crippen LogP contribution in [0.15, 0.2) is 43.0 Å². The second kappa shape index (κ2) is 4.47. The first-order valence-electron chi connectivity index (χ1n) is 4.72. The first-order chi connectivity index (χ1) is 7.25. The van der Waals surface area contributed by atoms with Gasteiger partial charge in [0.1, 0.15) is 0 Å². The fourth-order valence-corrected chi connectivity index (χ4v) is 1.56. The van der Waals surface area contributed by atoms with Crippen LogP contribution in [-0.2, 0) is 6.54 Å². The highest BCUT2D eigenvalue weighted by Gasteiger charge is 2.05. The number of imidazole rings is 1. The van der Waals surface area contributed by atoms with E-state index in [0.29, 0.717) is 0 Å². The first kappa shape index (κ1) is 10.2. The van der Waals surface area contributed by atoms with E-state index in [9.17, 15) is 0 Å². The molecule has 0 saturated heterocycles. The molecule has 0 bridgehead atoms. The maximum Gasteiger partial charge on any atom is 0.0946 e. The molecule has 15 heavy (non-hydrogen) atoms. The van der Waals surface area contributed by atoms with Crippen LogP contribution in [0.5, 0.6) is 0 Å². The van der Waals surface area contributed by atoms with E-state index in [1.165, 1.54) is 0 Å². The molecule has 0 aliphatic carbocycles. The summed E-state index contributed by atoms with van der Waals surface area (Å²) in [7, 11) is 0. The van der Waals surface area contributed by atoms with Crippen LogP contribution < -0.4 is 5.73 Å². The Bertz CT molecular complexity index is 408. The van der Waals surface area contributed by atoms with E-state index in [-0.39, 0.29) is 6.04 Å². The molecule has 78 valence electrons. The second-order valence-corrected chi connectivity index (χ2v) is 3.85. The minimum Gasteiger partial charge on any atom is -0.336 e. The summed E-state index contributed by atoms with van der Waals surface area (Å²) in [5.74, 6) is 0. The minimum atomic E-state index is -0.0310. The van der Waals surface area contributed by atoms with E-state index < -0.39 is 0 Å². The molecule has 1 heterocycles. The van der Waals surface area contributed by atoms with E-state index >= 15 is 0 Å². The zero-order valence-electron chi connectivity index (χ0n) is 8.18. The molecule has 0 fully saturated rings. The Hall–Kier alpha value is -1.32. The van der Waals surface area contributed by atoms with E-state index in [4.69, 9.17) is 17.3 Å². The van der Waals surface area contributed by atoms with Crippen molar-refractivity contribution in [3.8, 4) is 0 Å². The Labute approximate surface area is 93.5 Å². The van der Waals surface area contributed by atoms with Crippen LogP contribution in [0.4, 0.5) is 0 Å². The van der Waals surface area contributed by atoms with Crippen molar-refractivity contribution >= 4 is 11.6 Å². The molecular formula is C11H12ClN3. The SMILES string of the molecule is NC(Cn1ccnc1)c1ccc(Cl)cc1. The summed E-state index contributed by atoms with van der Waals surface area (Å²) >= 11 is 5.80. The van der Waals surface area contributed by atoms with Gasteiger partial charge >= 0.3 is 0 Å². The molecule has 3 nitrogen and oxygen atoms in total. The molecule has 0 aliphatic heterocycles. The smallest absolute Gasteiger partial charge is 0.0946 e. The number of hydrogen-bond acceptors (Lipinski definition) is 2. The van der Waals surface area contributed by atoms with Crippen LogP contribution in [0, 0.1) is 0 Å². The van der Waals surface area contributed by atoms with Crippen LogP contribution in [0.25, 0.3) is 0 Å². The zero-order valence-corrected chi connectivity index (χ0v) is 8.93. The van der Waals surface area contributed by atoms with Crippen LogP contribution in [0.2, 0.25) is 5.02 Å². The summed E-state index contributed by atoms with van der Waals surface area (Å²) in [4.78, 5) is 3.97. The number of aromatic nitrogens is 2. The molecule has 0 radical (unpaired) electrons. The monoisotopic (exact) mass is 221 g/mol. The number of hydrogen-bond donors (Lipinski definition) is 1. The summed E-state index contributed by atoms with van der Waals surface area (Å²) in [6, 6.07) is 7.57. The van der Waals surface area contributed by atoms with Crippen LogP contribution in [0.1, 0.15) is 11.6 Å². The van der Waals surface area contributed by atoms with Gasteiger partial charge in [0.05, 0.1) is 6.33 Å². The summed E-state index contributed by atoms with van der Waals surface area (Å²) in [5.41, 5.74) is 7.12. The van der Waals surface area contributed by atoms with Gasteiger partial charge in [0.2, 0.25) is 0 Å². The lowest BCUT2D eigenvalue weighted by molar-refractivity contribution is 0.576. The quantitative estimate of drug-likeness (QED) is 0.864.